The lowest BCUT2D eigenvalue weighted by molar-refractivity contribution is -0.239. The van der Waals surface area contributed by atoms with Crippen molar-refractivity contribution in [2.75, 3.05) is 14.1 Å². The number of thiophene rings is 2. The second-order valence-electron chi connectivity index (χ2n) is 22.7. The number of ketones is 2. The van der Waals surface area contributed by atoms with Gasteiger partial charge in [-0.15, -0.1) is 22.7 Å². The van der Waals surface area contributed by atoms with Crippen LogP contribution in [0.2, 0.25) is 0 Å². The Balaban J connectivity index is 0.000000180. The first-order valence-corrected chi connectivity index (χ1v) is 27.2. The molecule has 12 rings (SSSR count). The molecule has 6 saturated carbocycles. The Hall–Kier alpha value is -3.86. The van der Waals surface area contributed by atoms with Crippen LogP contribution in [0.4, 0.5) is 22.4 Å². The van der Waals surface area contributed by atoms with Crippen LogP contribution in [0.15, 0.2) is 82.6 Å². The van der Waals surface area contributed by atoms with Gasteiger partial charge in [0, 0.05) is 59.4 Å². The molecule has 408 valence electrons. The number of hydrogen-bond acceptors (Lipinski definition) is 14. The average Bonchev–Trinajstić information content (AvgIpc) is 4.20. The highest BCUT2D eigenvalue weighted by Gasteiger charge is 2.82. The van der Waals surface area contributed by atoms with Gasteiger partial charge in [0.15, 0.2) is 46.7 Å². The third-order valence-electron chi connectivity index (χ3n) is 19.5. The largest absolute Gasteiger partial charge is 0.479 e. The number of aliphatic hydroxyl groups is 2. The molecule has 0 aromatic carbocycles. The summed E-state index contributed by atoms with van der Waals surface area (Å²) < 4.78 is 91.1. The van der Waals surface area contributed by atoms with Gasteiger partial charge < -0.3 is 39.2 Å². The Labute approximate surface area is 445 Å². The fraction of sp³-hybridized carbons (Fsp3) is 0.618. The number of halogens is 4. The van der Waals surface area contributed by atoms with E-state index < -0.39 is 145 Å². The Morgan fingerprint density at radius 2 is 1.09 bits per heavy atom. The van der Waals surface area contributed by atoms with Crippen LogP contribution in [-0.4, -0.2) is 122 Å². The Morgan fingerprint density at radius 1 is 0.680 bits per heavy atom. The molecule has 2 unspecified atom stereocenters. The van der Waals surface area contributed by atoms with Crippen molar-refractivity contribution in [3.63, 3.8) is 0 Å². The summed E-state index contributed by atoms with van der Waals surface area (Å²) in [5.74, 6) is -5.21. The van der Waals surface area contributed by atoms with Crippen molar-refractivity contribution in [2.45, 2.75) is 153 Å². The van der Waals surface area contributed by atoms with Crippen LogP contribution in [0.25, 0.3) is 0 Å². The topological polar surface area (TPSA) is 186 Å². The third kappa shape index (κ3) is 7.10. The maximum Gasteiger partial charge on any atom is 0.339 e. The first-order chi connectivity index (χ1) is 34.3. The van der Waals surface area contributed by atoms with Crippen molar-refractivity contribution in [1.82, 2.24) is 4.90 Å². The minimum atomic E-state index is -2.29. The number of hydrogen-bond donors (Lipinski definition) is 3. The molecule has 1 amide bonds. The Morgan fingerprint density at radius 3 is 1.49 bits per heavy atom. The minimum absolute atomic E-state index is 0. The summed E-state index contributed by atoms with van der Waals surface area (Å²) >= 11 is 3.30. The molecule has 8 fully saturated rings. The van der Waals surface area contributed by atoms with E-state index in [-0.39, 0.29) is 64.5 Å². The van der Waals surface area contributed by atoms with E-state index >= 15 is 17.6 Å². The molecule has 13 nitrogen and oxygen atoms in total. The molecule has 0 radical (unpaired) electrons. The monoisotopic (exact) mass is 1100 g/mol. The smallest absolute Gasteiger partial charge is 0.339 e. The van der Waals surface area contributed by atoms with Crippen molar-refractivity contribution in [3.8, 4) is 0 Å². The van der Waals surface area contributed by atoms with Crippen molar-refractivity contribution < 1.29 is 75.8 Å². The number of amides is 1. The van der Waals surface area contributed by atoms with Crippen LogP contribution in [-0.2, 0) is 38.1 Å². The van der Waals surface area contributed by atoms with E-state index in [0.29, 0.717) is 11.8 Å². The molecular weight excluding hydrogens is 1040 g/mol. The summed E-state index contributed by atoms with van der Waals surface area (Å²) in [5, 5.41) is 36.1. The van der Waals surface area contributed by atoms with Gasteiger partial charge >= 0.3 is 5.97 Å². The molecule has 3 N–H and O–H groups in total. The fourth-order valence-electron chi connectivity index (χ4n) is 16.0. The first kappa shape index (κ1) is 55.9. The number of fused-ring (bicyclic) bond motifs is 14. The van der Waals surface area contributed by atoms with Crippen LogP contribution in [0.3, 0.4) is 0 Å². The number of carboxylic acids is 1. The second-order valence-corrected chi connectivity index (χ2v) is 25.6. The van der Waals surface area contributed by atoms with E-state index in [1.807, 2.05) is 29.0 Å². The van der Waals surface area contributed by atoms with Crippen molar-refractivity contribution in [3.05, 3.63) is 92.4 Å². The highest BCUT2D eigenvalue weighted by atomic mass is 32.2. The van der Waals surface area contributed by atoms with Gasteiger partial charge in [-0.1, -0.05) is 53.0 Å². The van der Waals surface area contributed by atoms with E-state index in [1.54, 1.807) is 19.9 Å². The Bertz CT molecular complexity index is 2810. The van der Waals surface area contributed by atoms with Gasteiger partial charge in [0.25, 0.3) is 5.24 Å². The molecule has 2 saturated heterocycles. The minimum Gasteiger partial charge on any atom is -0.479 e. The van der Waals surface area contributed by atoms with E-state index in [9.17, 15) is 39.3 Å². The molecular formula is C55H65F4NO12S3. The highest BCUT2D eigenvalue weighted by molar-refractivity contribution is 8.26. The average molecular weight is 1100 g/mol. The quantitative estimate of drug-likeness (QED) is 0.246. The molecule has 0 bridgehead atoms. The zero-order chi connectivity index (χ0) is 52.4. The summed E-state index contributed by atoms with van der Waals surface area (Å²) in [7, 11) is 3.08. The zero-order valence-electron chi connectivity index (χ0n) is 40.8. The van der Waals surface area contributed by atoms with Crippen molar-refractivity contribution in [2.24, 2.45) is 45.3 Å². The van der Waals surface area contributed by atoms with Gasteiger partial charge in [-0.3, -0.25) is 19.2 Å². The Kier molecular flexibility index (Phi) is 13.7. The summed E-state index contributed by atoms with van der Waals surface area (Å²) in [6.45, 7) is 6.54. The lowest BCUT2D eigenvalue weighted by Gasteiger charge is -2.63. The third-order valence-corrected chi connectivity index (χ3v) is 22.3. The predicted octanol–water partition coefficient (Wildman–Crippen LogP) is 9.96. The van der Waals surface area contributed by atoms with Crippen LogP contribution in [0.1, 0.15) is 103 Å². The fourth-order valence-corrected chi connectivity index (χ4v) is 18.2. The van der Waals surface area contributed by atoms with E-state index in [2.05, 4.69) is 0 Å². The lowest BCUT2D eigenvalue weighted by atomic mass is 9.44. The van der Waals surface area contributed by atoms with Gasteiger partial charge in [-0.25, -0.2) is 22.4 Å². The number of carbonyl (C=O) groups excluding carboxylic acids is 4. The van der Waals surface area contributed by atoms with E-state index in [0.717, 1.165) is 21.9 Å². The molecule has 2 aliphatic heterocycles. The van der Waals surface area contributed by atoms with Gasteiger partial charge in [0.1, 0.15) is 18.4 Å². The number of carbonyl (C=O) groups is 5. The number of allylic oxidation sites excluding steroid dienone is 8. The SMILES string of the molecule is C.C.CN(C)C(=O)SC(=O)[C@@]12OC(c3cccs3)O[C@@H]1C[C@H]1[C@@H]3C[C@H](F)C4=CC(=O)C=C[C@]4(C)[C@@]3(F)[C@@H](O)C[C@@]12C.C[C@]12C=CC(=O)C=C1[C@@H](F)C[C@H]1[C@@H]3C[C@H]4OC(c5cccs5)O[C@@]4(C(=O)O)[C@@]3(C)C[C@H](O)[C@@]12F. The predicted molar refractivity (Wildman–Crippen MR) is 272 cm³/mol. The highest BCUT2D eigenvalue weighted by Crippen LogP contribution is 2.75. The molecule has 2 aromatic rings. The maximum atomic E-state index is 17.5. The summed E-state index contributed by atoms with van der Waals surface area (Å²) in [4.78, 5) is 66.3. The molecule has 10 aliphatic rings. The number of nitrogens with zero attached hydrogens (tertiary/aromatic N) is 1. The maximum absolute atomic E-state index is 17.5. The number of rotatable bonds is 4. The summed E-state index contributed by atoms with van der Waals surface area (Å²) in [6, 6.07) is 7.28. The molecule has 0 spiro atoms. The molecule has 2 aromatic heterocycles. The number of ether oxygens (including phenoxy) is 4. The van der Waals surface area contributed by atoms with Crippen LogP contribution < -0.4 is 0 Å². The zero-order valence-corrected chi connectivity index (χ0v) is 43.2. The van der Waals surface area contributed by atoms with Crippen LogP contribution in [0.5, 0.6) is 0 Å². The van der Waals surface area contributed by atoms with E-state index in [1.165, 1.54) is 79.8 Å². The standard InChI is InChI=1S/C28H31F2NO6S2.C25H26F2O6S.2CH4/c1-25-8-7-14(32)10-17(25)18(29)11-16-15-12-21-28(23(34)39-24(35)31(3)4,26(15,2)13-20(33)27(16,25)30)37-22(36-21)19-6-5-9-38-19;1-22-6-5-12(28)8-15(22)16(26)9-14-13-10-19-25(21(30)31,23(13,2)11-18(29)24(14,22)27)33-20(32-19)17-4-3-7-34-17;;/h5-10,15-16,18,20-22,33H,11-13H2,1-4H3;3-8,13-14,16,18-20,29H,9-11H2,1-2H3,(H,30,31);2*1H4/t15-,16-,18-,20-,21+,22?,25-,26-,27-,28-;13-,14-,16-,18-,19+,20?,22-,23-,24-,25-;;/m00../s1. The van der Waals surface area contributed by atoms with Gasteiger partial charge in [0.2, 0.25) is 5.12 Å². The molecule has 20 heteroatoms. The second kappa shape index (κ2) is 18.4. The first-order valence-electron chi connectivity index (χ1n) is 24.6. The molecule has 8 aliphatic carbocycles. The van der Waals surface area contributed by atoms with Gasteiger partial charge in [-0.2, -0.15) is 0 Å². The summed E-state index contributed by atoms with van der Waals surface area (Å²) in [5.41, 5.74) is -13.3. The van der Waals surface area contributed by atoms with Gasteiger partial charge in [-0.05, 0) is 123 Å². The molecule has 75 heavy (non-hydrogen) atoms. The number of alkyl halides is 4. The number of thioether (sulfide) groups is 1. The van der Waals surface area contributed by atoms with E-state index in [4.69, 9.17) is 18.9 Å². The number of carboxylic acid groups (broad SMARTS) is 1. The van der Waals surface area contributed by atoms with Gasteiger partial charge in [0.05, 0.1) is 28.1 Å². The van der Waals surface area contributed by atoms with Crippen molar-refractivity contribution in [1.29, 1.82) is 0 Å². The van der Waals surface area contributed by atoms with Crippen LogP contribution in [0, 0.1) is 45.3 Å². The number of aliphatic hydroxyl groups excluding tert-OH is 2. The number of aliphatic carboxylic acids is 1. The summed E-state index contributed by atoms with van der Waals surface area (Å²) in [6.07, 6.45) is -2.72. The molecule has 4 heterocycles. The van der Waals surface area contributed by atoms with Crippen LogP contribution >= 0.6 is 34.4 Å². The molecule has 20 atom stereocenters. The van der Waals surface area contributed by atoms with Crippen molar-refractivity contribution >= 4 is 62.3 Å². The normalized spacial score (nSPS) is 47.3. The lowest BCUT2D eigenvalue weighted by Crippen LogP contribution is -2.70.